The van der Waals surface area contributed by atoms with E-state index in [9.17, 15) is 22.4 Å². The molecule has 41 heavy (non-hydrogen) atoms. The largest absolute Gasteiger partial charge is 0.489 e. The summed E-state index contributed by atoms with van der Waals surface area (Å²) in [7, 11) is 0. The zero-order valence-corrected chi connectivity index (χ0v) is 23.1. The van der Waals surface area contributed by atoms with Gasteiger partial charge < -0.3 is 9.57 Å². The lowest BCUT2D eigenvalue weighted by molar-refractivity contribution is -0.116. The fourth-order valence-corrected chi connectivity index (χ4v) is 6.00. The van der Waals surface area contributed by atoms with Crippen LogP contribution in [0.15, 0.2) is 53.0 Å². The Balaban J connectivity index is 1.21. The van der Waals surface area contributed by atoms with E-state index in [1.54, 1.807) is 4.90 Å². The van der Waals surface area contributed by atoms with Crippen molar-refractivity contribution in [2.75, 3.05) is 19.7 Å². The predicted octanol–water partition coefficient (Wildman–Crippen LogP) is 6.61. The summed E-state index contributed by atoms with van der Waals surface area (Å²) < 4.78 is 59.9. The molecule has 13 heteroatoms. The number of hydrogen-bond acceptors (Lipinski definition) is 8. The van der Waals surface area contributed by atoms with Crippen molar-refractivity contribution in [3.8, 4) is 5.75 Å². The Bertz CT molecular complexity index is 1420. The van der Waals surface area contributed by atoms with Crippen LogP contribution in [-0.2, 0) is 9.63 Å². The lowest BCUT2D eigenvalue weighted by Gasteiger charge is -2.35. The highest BCUT2D eigenvalue weighted by molar-refractivity contribution is 7.10. The van der Waals surface area contributed by atoms with Crippen molar-refractivity contribution >= 4 is 23.3 Å². The number of benzene rings is 1. The van der Waals surface area contributed by atoms with Gasteiger partial charge in [0.2, 0.25) is 0 Å². The van der Waals surface area contributed by atoms with Gasteiger partial charge in [0.15, 0.2) is 18.6 Å². The maximum absolute atomic E-state index is 13.5. The predicted molar refractivity (Wildman–Crippen MR) is 145 cm³/mol. The first-order chi connectivity index (χ1) is 19.7. The lowest BCUT2D eigenvalue weighted by Crippen LogP contribution is -2.40. The molecule has 0 radical (unpaired) electrons. The van der Waals surface area contributed by atoms with Crippen LogP contribution in [-0.4, -0.2) is 51.4 Å². The molecule has 0 amide bonds. The molecule has 2 aliphatic heterocycles. The number of hydrogen-bond donors (Lipinski definition) is 0. The summed E-state index contributed by atoms with van der Waals surface area (Å²) in [6.07, 6.45) is -5.32. The summed E-state index contributed by atoms with van der Waals surface area (Å²) in [4.78, 5) is 24.1. The number of carbonyl (C=O) groups excluding carboxylic acids is 1. The highest BCUT2D eigenvalue weighted by atomic mass is 32.1. The molecule has 1 aromatic carbocycles. The van der Waals surface area contributed by atoms with Gasteiger partial charge in [-0.3, -0.25) is 9.69 Å². The van der Waals surface area contributed by atoms with E-state index in [4.69, 9.17) is 14.6 Å². The second-order valence-electron chi connectivity index (χ2n) is 10.1. The van der Waals surface area contributed by atoms with Crippen LogP contribution >= 0.6 is 11.3 Å². The lowest BCUT2D eigenvalue weighted by atomic mass is 9.97. The molecule has 2 unspecified atom stereocenters. The molecule has 0 bridgehead atoms. The molecular weight excluding hydrogens is 562 g/mol. The molecule has 0 spiro atoms. The molecule has 0 N–H and O–H groups in total. The molecule has 218 valence electrons. The van der Waals surface area contributed by atoms with E-state index in [0.29, 0.717) is 51.3 Å². The fourth-order valence-electron chi connectivity index (χ4n) is 5.00. The van der Waals surface area contributed by atoms with Gasteiger partial charge in [0.25, 0.3) is 12.9 Å². The third-order valence-electron chi connectivity index (χ3n) is 7.08. The first kappa shape index (κ1) is 28.9. The number of likely N-dealkylation sites (tertiary alicyclic amines) is 1. The number of thiazole rings is 1. The molecule has 0 saturated carbocycles. The normalized spacial score (nSPS) is 18.9. The second-order valence-corrected chi connectivity index (χ2v) is 11.0. The van der Waals surface area contributed by atoms with Gasteiger partial charge in [-0.05, 0) is 37.5 Å². The van der Waals surface area contributed by atoms with E-state index < -0.39 is 30.4 Å². The van der Waals surface area contributed by atoms with E-state index in [1.165, 1.54) is 11.3 Å². The van der Waals surface area contributed by atoms with Crippen LogP contribution in [0, 0.1) is 0 Å². The summed E-state index contributed by atoms with van der Waals surface area (Å²) >= 11 is 1.51. The number of alkyl halides is 4. The maximum Gasteiger partial charge on any atom is 0.282 e. The average Bonchev–Trinajstić information content (AvgIpc) is 3.73. The Morgan fingerprint density at radius 2 is 1.98 bits per heavy atom. The average molecular weight is 592 g/mol. The maximum atomic E-state index is 13.5. The molecule has 0 aliphatic carbocycles. The topological polar surface area (TPSA) is 81.8 Å². The van der Waals surface area contributed by atoms with Crippen LogP contribution in [0.25, 0.3) is 0 Å². The summed E-state index contributed by atoms with van der Waals surface area (Å²) in [6, 6.07) is 8.32. The van der Waals surface area contributed by atoms with E-state index in [0.717, 1.165) is 38.0 Å². The summed E-state index contributed by atoms with van der Waals surface area (Å²) in [5.41, 5.74) is 1.80. The molecular formula is C28H29F4N5O3S. The molecule has 4 heterocycles. The molecule has 2 aromatic heterocycles. The van der Waals surface area contributed by atoms with Crippen LogP contribution in [0.5, 0.6) is 5.75 Å². The quantitative estimate of drug-likeness (QED) is 0.142. The Labute approximate surface area is 238 Å². The van der Waals surface area contributed by atoms with Crippen molar-refractivity contribution in [3.63, 3.8) is 0 Å². The Morgan fingerprint density at radius 1 is 1.22 bits per heavy atom. The van der Waals surface area contributed by atoms with Crippen LogP contribution < -0.4 is 4.74 Å². The van der Waals surface area contributed by atoms with Crippen LogP contribution in [0.4, 0.5) is 17.6 Å². The van der Waals surface area contributed by atoms with Gasteiger partial charge in [0.05, 0.1) is 10.7 Å². The van der Waals surface area contributed by atoms with E-state index in [-0.39, 0.29) is 12.0 Å². The molecule has 5 rings (SSSR count). The second kappa shape index (κ2) is 12.5. The van der Waals surface area contributed by atoms with Crippen molar-refractivity contribution in [1.82, 2.24) is 19.7 Å². The molecule has 8 nitrogen and oxygen atoms in total. The molecule has 2 aliphatic rings. The molecule has 1 saturated heterocycles. The fraction of sp³-hybridized carbons (Fsp3) is 0.429. The van der Waals surface area contributed by atoms with Gasteiger partial charge in [-0.2, -0.15) is 5.10 Å². The Hall–Kier alpha value is -3.58. The highest BCUT2D eigenvalue weighted by Crippen LogP contribution is 2.37. The zero-order valence-electron chi connectivity index (χ0n) is 22.3. The molecule has 1 fully saturated rings. The van der Waals surface area contributed by atoms with Gasteiger partial charge in [-0.25, -0.2) is 27.2 Å². The van der Waals surface area contributed by atoms with Gasteiger partial charge in [0.1, 0.15) is 29.5 Å². The number of para-hydroxylation sites is 1. The monoisotopic (exact) mass is 591 g/mol. The first-order valence-electron chi connectivity index (χ1n) is 13.1. The Kier molecular flexibility index (Phi) is 8.83. The number of carbonyl (C=O) groups is 1. The number of piperidine rings is 1. The van der Waals surface area contributed by atoms with Crippen LogP contribution in [0.3, 0.4) is 0 Å². The first-order valence-corrected chi connectivity index (χ1v) is 14.0. The number of oxime groups is 1. The van der Waals surface area contributed by atoms with Crippen molar-refractivity contribution in [2.24, 2.45) is 5.16 Å². The Morgan fingerprint density at radius 3 is 2.66 bits per heavy atom. The van der Waals surface area contributed by atoms with Gasteiger partial charge >= 0.3 is 0 Å². The van der Waals surface area contributed by atoms with Crippen molar-refractivity contribution in [1.29, 1.82) is 0 Å². The minimum Gasteiger partial charge on any atom is -0.489 e. The summed E-state index contributed by atoms with van der Waals surface area (Å²) in [5.74, 6) is 0.814. The third-order valence-corrected chi connectivity index (χ3v) is 8.09. The number of halogens is 4. The van der Waals surface area contributed by atoms with E-state index in [2.05, 4.69) is 16.8 Å². The van der Waals surface area contributed by atoms with Crippen LogP contribution in [0.2, 0.25) is 0 Å². The van der Waals surface area contributed by atoms with Gasteiger partial charge in [-0.1, -0.05) is 29.9 Å². The molecule has 2 atom stereocenters. The summed E-state index contributed by atoms with van der Waals surface area (Å²) in [6.45, 7) is 6.97. The summed E-state index contributed by atoms with van der Waals surface area (Å²) in [5, 5.41) is 10.8. The SMILES string of the molecule is C=C(C)COc1ccccc1C1CC(c2csc(C3CCN(C(C=O)n4nc(C(F)F)cc4C(F)F)CC3)n2)=NO1. The van der Waals surface area contributed by atoms with Crippen LogP contribution in [0.1, 0.15) is 84.9 Å². The number of aldehydes is 1. The number of nitrogens with zero attached hydrogens (tertiary/aromatic N) is 5. The van der Waals surface area contributed by atoms with Crippen molar-refractivity contribution < 1.29 is 31.9 Å². The van der Waals surface area contributed by atoms with E-state index in [1.807, 2.05) is 36.6 Å². The van der Waals surface area contributed by atoms with Crippen molar-refractivity contribution in [2.45, 2.75) is 57.2 Å². The van der Waals surface area contributed by atoms with Gasteiger partial charge in [0, 0.05) is 36.4 Å². The van der Waals surface area contributed by atoms with E-state index >= 15 is 0 Å². The third kappa shape index (κ3) is 6.35. The number of rotatable bonds is 11. The zero-order chi connectivity index (χ0) is 29.1. The number of ether oxygens (including phenoxy) is 1. The van der Waals surface area contributed by atoms with Crippen molar-refractivity contribution in [3.05, 3.63) is 75.5 Å². The minimum atomic E-state index is -3.04. The highest BCUT2D eigenvalue weighted by Gasteiger charge is 2.33. The standard InChI is InChI=1S/C28H29F4N5O3S/c1-16(2)14-39-23-6-4-3-5-18(23)24-12-19(35-40-24)21-15-41-28(33-21)17-7-9-36(10-8-17)25(13-38)37-22(27(31)32)11-20(34-37)26(29)30/h3-6,11,13,15,17,24-27H,1,7-10,12,14H2,2H3. The molecule has 3 aromatic rings. The van der Waals surface area contributed by atoms with Gasteiger partial charge in [-0.15, -0.1) is 11.3 Å². The number of aromatic nitrogens is 3. The smallest absolute Gasteiger partial charge is 0.282 e. The minimum absolute atomic E-state index is 0.0936.